The Morgan fingerprint density at radius 1 is 1.33 bits per heavy atom. The summed E-state index contributed by atoms with van der Waals surface area (Å²) < 4.78 is 0. The maximum atomic E-state index is 10.9. The van der Waals surface area contributed by atoms with Crippen LogP contribution in [0.1, 0.15) is 6.42 Å². The van der Waals surface area contributed by atoms with Gasteiger partial charge in [0.05, 0.1) is 27.7 Å². The maximum Gasteiger partial charge on any atom is 0.305 e. The largest absolute Gasteiger partial charge is 0.481 e. The molecule has 0 spiro atoms. The number of carboxylic acids is 1. The quantitative estimate of drug-likeness (QED) is 0.800. The normalized spacial score (nSPS) is 17.1. The summed E-state index contributed by atoms with van der Waals surface area (Å²) in [5, 5.41) is 16.3. The second kappa shape index (κ2) is 5.13. The number of anilines is 1. The molecule has 18 heavy (non-hydrogen) atoms. The Bertz CT molecular complexity index is 466. The minimum Gasteiger partial charge on any atom is -0.481 e. The number of rotatable bonds is 4. The Balaban J connectivity index is 2.25. The molecule has 1 fully saturated rings. The molecule has 0 radical (unpaired) electrons. The molecule has 1 aliphatic heterocycles. The van der Waals surface area contributed by atoms with Gasteiger partial charge in [0.25, 0.3) is 0 Å². The highest BCUT2D eigenvalue weighted by Gasteiger charge is 2.39. The van der Waals surface area contributed by atoms with Gasteiger partial charge in [-0.3, -0.25) is 4.79 Å². The zero-order valence-corrected chi connectivity index (χ0v) is 11.5. The molecule has 0 aliphatic carbocycles. The van der Waals surface area contributed by atoms with E-state index in [1.54, 1.807) is 12.1 Å². The van der Waals surface area contributed by atoms with E-state index >= 15 is 0 Å². The standard InChI is InChI=1S/C11H11Cl3N2O2/c12-6-1-7(13)10(8(14)2-6)16-11(3-9(17)18)4-15-5-11/h1-2,15-16H,3-5H2,(H,17,18). The van der Waals surface area contributed by atoms with Crippen molar-refractivity contribution in [1.82, 2.24) is 5.32 Å². The van der Waals surface area contributed by atoms with Crippen molar-refractivity contribution in [2.24, 2.45) is 0 Å². The maximum absolute atomic E-state index is 10.9. The molecule has 0 aromatic heterocycles. The highest BCUT2D eigenvalue weighted by molar-refractivity contribution is 6.41. The van der Waals surface area contributed by atoms with Gasteiger partial charge in [-0.05, 0) is 12.1 Å². The second-order valence-electron chi connectivity index (χ2n) is 4.32. The molecule has 1 aromatic carbocycles. The summed E-state index contributed by atoms with van der Waals surface area (Å²) in [6.45, 7) is 1.10. The fourth-order valence-electron chi connectivity index (χ4n) is 1.90. The van der Waals surface area contributed by atoms with E-state index < -0.39 is 11.5 Å². The number of carboxylic acid groups (broad SMARTS) is 1. The molecule has 0 atom stereocenters. The lowest BCUT2D eigenvalue weighted by molar-refractivity contribution is -0.138. The average molecular weight is 310 g/mol. The van der Waals surface area contributed by atoms with Crippen LogP contribution in [0.4, 0.5) is 5.69 Å². The first-order valence-corrected chi connectivity index (χ1v) is 6.40. The van der Waals surface area contributed by atoms with Crippen LogP contribution in [0.3, 0.4) is 0 Å². The molecule has 0 amide bonds. The molecular weight excluding hydrogens is 298 g/mol. The van der Waals surface area contributed by atoms with Gasteiger partial charge in [-0.15, -0.1) is 0 Å². The van der Waals surface area contributed by atoms with E-state index in [2.05, 4.69) is 10.6 Å². The van der Waals surface area contributed by atoms with E-state index in [0.717, 1.165) is 0 Å². The summed E-state index contributed by atoms with van der Waals surface area (Å²) in [6, 6.07) is 3.13. The zero-order valence-electron chi connectivity index (χ0n) is 9.27. The summed E-state index contributed by atoms with van der Waals surface area (Å²) in [5.41, 5.74) is -0.0297. The third-order valence-corrected chi connectivity index (χ3v) is 3.63. The molecule has 1 heterocycles. The van der Waals surface area contributed by atoms with Crippen LogP contribution in [-0.4, -0.2) is 29.7 Å². The van der Waals surface area contributed by atoms with Crippen LogP contribution < -0.4 is 10.6 Å². The molecule has 1 aliphatic rings. The van der Waals surface area contributed by atoms with Gasteiger partial charge in [0, 0.05) is 18.1 Å². The van der Waals surface area contributed by atoms with Crippen LogP contribution in [-0.2, 0) is 4.79 Å². The molecule has 7 heteroatoms. The van der Waals surface area contributed by atoms with Crippen LogP contribution in [0.25, 0.3) is 0 Å². The van der Waals surface area contributed by atoms with E-state index in [0.29, 0.717) is 33.8 Å². The molecule has 3 N–H and O–H groups in total. The smallest absolute Gasteiger partial charge is 0.305 e. The third kappa shape index (κ3) is 2.83. The predicted molar refractivity (Wildman–Crippen MR) is 72.9 cm³/mol. The first-order valence-electron chi connectivity index (χ1n) is 5.27. The summed E-state index contributed by atoms with van der Waals surface area (Å²) in [4.78, 5) is 10.9. The van der Waals surface area contributed by atoms with E-state index in [4.69, 9.17) is 39.9 Å². The van der Waals surface area contributed by atoms with Gasteiger partial charge in [0.15, 0.2) is 0 Å². The average Bonchev–Trinajstić information content (AvgIpc) is 2.18. The van der Waals surface area contributed by atoms with Gasteiger partial charge in [0.2, 0.25) is 0 Å². The van der Waals surface area contributed by atoms with E-state index in [9.17, 15) is 4.79 Å². The van der Waals surface area contributed by atoms with Crippen LogP contribution in [0.15, 0.2) is 12.1 Å². The number of hydrogen-bond acceptors (Lipinski definition) is 3. The number of hydrogen-bond donors (Lipinski definition) is 3. The number of nitrogens with one attached hydrogen (secondary N) is 2. The van der Waals surface area contributed by atoms with Gasteiger partial charge in [0.1, 0.15) is 0 Å². The van der Waals surface area contributed by atoms with E-state index in [1.165, 1.54) is 0 Å². The predicted octanol–water partition coefficient (Wildman–Crippen LogP) is 2.88. The second-order valence-corrected chi connectivity index (χ2v) is 5.57. The number of benzene rings is 1. The first kappa shape index (κ1) is 13.7. The Morgan fingerprint density at radius 2 is 1.89 bits per heavy atom. The van der Waals surface area contributed by atoms with E-state index in [-0.39, 0.29) is 6.42 Å². The first-order chi connectivity index (χ1) is 8.42. The molecule has 98 valence electrons. The molecule has 4 nitrogen and oxygen atoms in total. The number of aliphatic carboxylic acids is 1. The Labute approximate surface area is 119 Å². The molecule has 1 saturated heterocycles. The van der Waals surface area contributed by atoms with Crippen LogP contribution in [0.2, 0.25) is 15.1 Å². The highest BCUT2D eigenvalue weighted by Crippen LogP contribution is 2.36. The molecule has 0 unspecified atom stereocenters. The molecule has 0 bridgehead atoms. The minimum atomic E-state index is -0.870. The van der Waals surface area contributed by atoms with Crippen LogP contribution in [0.5, 0.6) is 0 Å². The highest BCUT2D eigenvalue weighted by atomic mass is 35.5. The summed E-state index contributed by atoms with van der Waals surface area (Å²) in [5.74, 6) is -0.870. The molecule has 2 rings (SSSR count). The summed E-state index contributed by atoms with van der Waals surface area (Å²) >= 11 is 17.9. The van der Waals surface area contributed by atoms with Gasteiger partial charge in [-0.2, -0.15) is 0 Å². The Kier molecular flexibility index (Phi) is 3.92. The van der Waals surface area contributed by atoms with Crippen molar-refractivity contribution in [3.63, 3.8) is 0 Å². The Morgan fingerprint density at radius 3 is 2.28 bits per heavy atom. The SMILES string of the molecule is O=C(O)CC1(Nc2c(Cl)cc(Cl)cc2Cl)CNC1. The third-order valence-electron chi connectivity index (χ3n) is 2.81. The van der Waals surface area contributed by atoms with Crippen molar-refractivity contribution in [2.45, 2.75) is 12.0 Å². The Hall–Kier alpha value is -0.680. The topological polar surface area (TPSA) is 61.4 Å². The minimum absolute atomic E-state index is 0.00468. The van der Waals surface area contributed by atoms with Gasteiger partial charge < -0.3 is 15.7 Å². The van der Waals surface area contributed by atoms with Crippen molar-refractivity contribution in [3.05, 3.63) is 27.2 Å². The summed E-state index contributed by atoms with van der Waals surface area (Å²) in [7, 11) is 0. The molecule has 0 saturated carbocycles. The van der Waals surface area contributed by atoms with E-state index in [1.807, 2.05) is 0 Å². The van der Waals surface area contributed by atoms with Gasteiger partial charge in [-0.25, -0.2) is 0 Å². The van der Waals surface area contributed by atoms with Crippen molar-refractivity contribution in [1.29, 1.82) is 0 Å². The summed E-state index contributed by atoms with van der Waals surface area (Å²) in [6.07, 6.45) is -0.00468. The van der Waals surface area contributed by atoms with Gasteiger partial charge in [-0.1, -0.05) is 34.8 Å². The molecular formula is C11H11Cl3N2O2. The number of carbonyl (C=O) groups is 1. The van der Waals surface area contributed by atoms with Crippen molar-refractivity contribution in [2.75, 3.05) is 18.4 Å². The number of halogens is 3. The lowest BCUT2D eigenvalue weighted by Crippen LogP contribution is -2.65. The van der Waals surface area contributed by atoms with Gasteiger partial charge >= 0.3 is 5.97 Å². The fraction of sp³-hybridized carbons (Fsp3) is 0.364. The lowest BCUT2D eigenvalue weighted by Gasteiger charge is -2.43. The monoisotopic (exact) mass is 308 g/mol. The zero-order chi connectivity index (χ0) is 13.3. The molecule has 1 aromatic rings. The van der Waals surface area contributed by atoms with Crippen molar-refractivity contribution in [3.8, 4) is 0 Å². The van der Waals surface area contributed by atoms with Crippen LogP contribution >= 0.6 is 34.8 Å². The fourth-order valence-corrected chi connectivity index (χ4v) is 2.81. The van der Waals surface area contributed by atoms with Crippen molar-refractivity contribution < 1.29 is 9.90 Å². The lowest BCUT2D eigenvalue weighted by atomic mass is 9.88. The van der Waals surface area contributed by atoms with Crippen LogP contribution in [0, 0.1) is 0 Å². The van der Waals surface area contributed by atoms with Crippen molar-refractivity contribution >= 4 is 46.5 Å².